The van der Waals surface area contributed by atoms with Crippen LogP contribution in [0.1, 0.15) is 32.3 Å². The topological polar surface area (TPSA) is 49.4 Å². The molecule has 1 aromatic rings. The molecule has 1 aliphatic heterocycles. The Bertz CT molecular complexity index is 531. The SMILES string of the molecule is CC(C)CC1NC(=O)CCN(Cc2ccccc2Br)C1=O. The van der Waals surface area contributed by atoms with E-state index in [1.807, 2.05) is 24.3 Å². The molecule has 0 bridgehead atoms. The normalized spacial score (nSPS) is 19.6. The van der Waals surface area contributed by atoms with Crippen LogP contribution in [0.15, 0.2) is 28.7 Å². The van der Waals surface area contributed by atoms with E-state index < -0.39 is 6.04 Å². The van der Waals surface area contributed by atoms with Crippen molar-refractivity contribution in [1.29, 1.82) is 0 Å². The molecule has 4 nitrogen and oxygen atoms in total. The quantitative estimate of drug-likeness (QED) is 0.905. The molecule has 1 atom stereocenters. The number of amides is 2. The van der Waals surface area contributed by atoms with Crippen LogP contribution in [0.2, 0.25) is 0 Å². The lowest BCUT2D eigenvalue weighted by Gasteiger charge is -2.25. The van der Waals surface area contributed by atoms with Crippen LogP contribution in [-0.2, 0) is 16.1 Å². The zero-order chi connectivity index (χ0) is 15.4. The van der Waals surface area contributed by atoms with Gasteiger partial charge in [-0.25, -0.2) is 0 Å². The number of nitrogens with one attached hydrogen (secondary N) is 1. The van der Waals surface area contributed by atoms with Crippen molar-refractivity contribution >= 4 is 27.7 Å². The van der Waals surface area contributed by atoms with E-state index in [1.54, 1.807) is 4.90 Å². The van der Waals surface area contributed by atoms with Crippen molar-refractivity contribution in [1.82, 2.24) is 10.2 Å². The molecule has 1 heterocycles. The highest BCUT2D eigenvalue weighted by atomic mass is 79.9. The van der Waals surface area contributed by atoms with E-state index in [0.29, 0.717) is 31.8 Å². The van der Waals surface area contributed by atoms with Gasteiger partial charge in [-0.05, 0) is 24.0 Å². The lowest BCUT2D eigenvalue weighted by atomic mass is 10.0. The van der Waals surface area contributed by atoms with Crippen molar-refractivity contribution in [2.45, 2.75) is 39.3 Å². The first kappa shape index (κ1) is 16.0. The molecule has 1 fully saturated rings. The van der Waals surface area contributed by atoms with Gasteiger partial charge in [-0.2, -0.15) is 0 Å². The van der Waals surface area contributed by atoms with Gasteiger partial charge in [0.1, 0.15) is 6.04 Å². The maximum Gasteiger partial charge on any atom is 0.245 e. The summed E-state index contributed by atoms with van der Waals surface area (Å²) in [5.41, 5.74) is 1.06. The van der Waals surface area contributed by atoms with Crippen molar-refractivity contribution in [3.05, 3.63) is 34.3 Å². The summed E-state index contributed by atoms with van der Waals surface area (Å²) in [5, 5.41) is 2.85. The molecule has 21 heavy (non-hydrogen) atoms. The average molecular weight is 353 g/mol. The molecule has 0 spiro atoms. The van der Waals surface area contributed by atoms with Crippen LogP contribution in [0.3, 0.4) is 0 Å². The maximum absolute atomic E-state index is 12.6. The summed E-state index contributed by atoms with van der Waals surface area (Å²) >= 11 is 3.51. The van der Waals surface area contributed by atoms with Crippen LogP contribution in [-0.4, -0.2) is 29.3 Å². The molecular weight excluding hydrogens is 332 g/mol. The van der Waals surface area contributed by atoms with Crippen molar-refractivity contribution in [2.75, 3.05) is 6.54 Å². The van der Waals surface area contributed by atoms with E-state index in [1.165, 1.54) is 0 Å². The Hall–Kier alpha value is -1.36. The number of hydrogen-bond donors (Lipinski definition) is 1. The first-order chi connectivity index (χ1) is 9.97. The van der Waals surface area contributed by atoms with Crippen molar-refractivity contribution in [3.63, 3.8) is 0 Å². The molecule has 0 radical (unpaired) electrons. The Morgan fingerprint density at radius 3 is 2.71 bits per heavy atom. The van der Waals surface area contributed by atoms with Gasteiger partial charge in [0.15, 0.2) is 0 Å². The molecule has 1 aliphatic rings. The summed E-state index contributed by atoms with van der Waals surface area (Å²) < 4.78 is 0.988. The van der Waals surface area contributed by atoms with Crippen LogP contribution in [0.5, 0.6) is 0 Å². The Balaban J connectivity index is 2.15. The molecule has 1 saturated heterocycles. The number of carbonyl (C=O) groups is 2. The summed E-state index contributed by atoms with van der Waals surface area (Å²) in [7, 11) is 0. The Morgan fingerprint density at radius 2 is 2.05 bits per heavy atom. The smallest absolute Gasteiger partial charge is 0.245 e. The van der Waals surface area contributed by atoms with E-state index >= 15 is 0 Å². The standard InChI is InChI=1S/C16H21BrN2O2/c1-11(2)9-14-16(21)19(8-7-15(20)18-14)10-12-5-3-4-6-13(12)17/h3-6,11,14H,7-10H2,1-2H3,(H,18,20). The van der Waals surface area contributed by atoms with Gasteiger partial charge in [0.05, 0.1) is 0 Å². The van der Waals surface area contributed by atoms with Gasteiger partial charge in [0.25, 0.3) is 0 Å². The van der Waals surface area contributed by atoms with Crippen LogP contribution in [0, 0.1) is 5.92 Å². The van der Waals surface area contributed by atoms with Crippen LogP contribution in [0.4, 0.5) is 0 Å². The third kappa shape index (κ3) is 4.30. The first-order valence-electron chi connectivity index (χ1n) is 7.29. The van der Waals surface area contributed by atoms with E-state index in [4.69, 9.17) is 0 Å². The number of rotatable bonds is 4. The molecule has 2 rings (SSSR count). The predicted octanol–water partition coefficient (Wildman–Crippen LogP) is 2.71. The average Bonchev–Trinajstić information content (AvgIpc) is 2.54. The highest BCUT2D eigenvalue weighted by Gasteiger charge is 2.30. The molecule has 114 valence electrons. The lowest BCUT2D eigenvalue weighted by molar-refractivity contribution is -0.134. The number of halogens is 1. The zero-order valence-electron chi connectivity index (χ0n) is 12.4. The second-order valence-electron chi connectivity index (χ2n) is 5.85. The second kappa shape index (κ2) is 7.07. The molecule has 1 N–H and O–H groups in total. The fourth-order valence-corrected chi connectivity index (χ4v) is 2.93. The van der Waals surface area contributed by atoms with Gasteiger partial charge >= 0.3 is 0 Å². The molecule has 0 aromatic heterocycles. The van der Waals surface area contributed by atoms with Crippen LogP contribution < -0.4 is 5.32 Å². The summed E-state index contributed by atoms with van der Waals surface area (Å²) in [5.74, 6) is 0.344. The lowest BCUT2D eigenvalue weighted by Crippen LogP contribution is -2.45. The van der Waals surface area contributed by atoms with Gasteiger partial charge in [-0.15, -0.1) is 0 Å². The minimum atomic E-state index is -0.400. The molecule has 1 aromatic carbocycles. The monoisotopic (exact) mass is 352 g/mol. The third-order valence-corrected chi connectivity index (χ3v) is 4.35. The van der Waals surface area contributed by atoms with Gasteiger partial charge < -0.3 is 10.2 Å². The van der Waals surface area contributed by atoms with Gasteiger partial charge in [0, 0.05) is 24.0 Å². The second-order valence-corrected chi connectivity index (χ2v) is 6.71. The number of nitrogens with zero attached hydrogens (tertiary/aromatic N) is 1. The Morgan fingerprint density at radius 1 is 1.33 bits per heavy atom. The molecule has 5 heteroatoms. The Labute approximate surface area is 134 Å². The number of carbonyl (C=O) groups excluding carboxylic acids is 2. The van der Waals surface area contributed by atoms with E-state index in [9.17, 15) is 9.59 Å². The fraction of sp³-hybridized carbons (Fsp3) is 0.500. The molecule has 2 amide bonds. The van der Waals surface area contributed by atoms with Crippen molar-refractivity contribution in [3.8, 4) is 0 Å². The van der Waals surface area contributed by atoms with Crippen LogP contribution >= 0.6 is 15.9 Å². The molecule has 1 unspecified atom stereocenters. The number of hydrogen-bond acceptors (Lipinski definition) is 2. The highest BCUT2D eigenvalue weighted by molar-refractivity contribution is 9.10. The predicted molar refractivity (Wildman–Crippen MR) is 85.6 cm³/mol. The molecule has 0 aliphatic carbocycles. The van der Waals surface area contributed by atoms with Gasteiger partial charge in [-0.3, -0.25) is 9.59 Å². The fourth-order valence-electron chi connectivity index (χ4n) is 2.52. The first-order valence-corrected chi connectivity index (χ1v) is 8.08. The van der Waals surface area contributed by atoms with Gasteiger partial charge in [-0.1, -0.05) is 48.0 Å². The summed E-state index contributed by atoms with van der Waals surface area (Å²) in [6.45, 7) is 5.12. The van der Waals surface area contributed by atoms with E-state index in [-0.39, 0.29) is 11.8 Å². The summed E-state index contributed by atoms with van der Waals surface area (Å²) in [6.07, 6.45) is 1.04. The van der Waals surface area contributed by atoms with Crippen molar-refractivity contribution in [2.24, 2.45) is 5.92 Å². The molecule has 0 saturated carbocycles. The summed E-state index contributed by atoms with van der Waals surface area (Å²) in [4.78, 5) is 26.2. The van der Waals surface area contributed by atoms with Crippen molar-refractivity contribution < 1.29 is 9.59 Å². The highest BCUT2D eigenvalue weighted by Crippen LogP contribution is 2.20. The van der Waals surface area contributed by atoms with E-state index in [2.05, 4.69) is 35.1 Å². The van der Waals surface area contributed by atoms with E-state index in [0.717, 1.165) is 10.0 Å². The number of benzene rings is 1. The minimum Gasteiger partial charge on any atom is -0.344 e. The third-order valence-electron chi connectivity index (χ3n) is 3.58. The summed E-state index contributed by atoms with van der Waals surface area (Å²) in [6, 6.07) is 7.46. The minimum absolute atomic E-state index is 0.0188. The Kier molecular flexibility index (Phi) is 5.39. The largest absolute Gasteiger partial charge is 0.344 e. The van der Waals surface area contributed by atoms with Gasteiger partial charge in [0.2, 0.25) is 11.8 Å². The van der Waals surface area contributed by atoms with Crippen LogP contribution in [0.25, 0.3) is 0 Å². The maximum atomic E-state index is 12.6. The zero-order valence-corrected chi connectivity index (χ0v) is 14.0. The molecular formula is C16H21BrN2O2.